The van der Waals surface area contributed by atoms with Gasteiger partial charge in [-0.3, -0.25) is 0 Å². The highest BCUT2D eigenvalue weighted by molar-refractivity contribution is 5.93. The lowest BCUT2D eigenvalue weighted by molar-refractivity contribution is 0.137. The van der Waals surface area contributed by atoms with Crippen LogP contribution in [0.5, 0.6) is 0 Å². The van der Waals surface area contributed by atoms with Crippen molar-refractivity contribution in [3.8, 4) is 0 Å². The summed E-state index contributed by atoms with van der Waals surface area (Å²) in [4.78, 5) is 9.70. The molecule has 0 spiro atoms. The van der Waals surface area contributed by atoms with Crippen LogP contribution in [0.3, 0.4) is 0 Å². The maximum Gasteiger partial charge on any atom is 0.128 e. The van der Waals surface area contributed by atoms with Crippen LogP contribution in [0.4, 0.5) is 10.1 Å². The van der Waals surface area contributed by atoms with Crippen molar-refractivity contribution in [1.82, 2.24) is 20.4 Å². The Hall–Kier alpha value is -3.78. The number of hydrogen-bond acceptors (Lipinski definition) is 6. The van der Waals surface area contributed by atoms with Crippen LogP contribution >= 0.6 is 0 Å². The fourth-order valence-corrected chi connectivity index (χ4v) is 7.76. The van der Waals surface area contributed by atoms with Crippen LogP contribution < -0.4 is 16.0 Å². The van der Waals surface area contributed by atoms with E-state index in [1.807, 2.05) is 32.2 Å². The molecular weight excluding hydrogens is 648 g/mol. The number of nitrogens with zero attached hydrogens (tertiary/aromatic N) is 3. The summed E-state index contributed by atoms with van der Waals surface area (Å²) in [5, 5.41) is 10.3. The third kappa shape index (κ3) is 10.2. The Morgan fingerprint density at radius 3 is 2.40 bits per heavy atom. The van der Waals surface area contributed by atoms with E-state index >= 15 is 4.39 Å². The topological polar surface area (TPSA) is 64.2 Å². The SMILES string of the molecule is C=C1CN(C(/C=C/CC)=C(\C)C2=C(C)OCCN2)CC/C1=C/N=C(C)Nc1ccc(CC(=C2CCC2)N2CCC(C3CNC3)CC2)c(F)c1.CCC. The van der Waals surface area contributed by atoms with Crippen molar-refractivity contribution in [2.24, 2.45) is 16.8 Å². The van der Waals surface area contributed by atoms with Gasteiger partial charge in [0.1, 0.15) is 24.0 Å². The number of hydrogen-bond donors (Lipinski definition) is 3. The van der Waals surface area contributed by atoms with Crippen LogP contribution in [0, 0.1) is 17.7 Å². The summed E-state index contributed by atoms with van der Waals surface area (Å²) in [5.74, 6) is 3.22. The molecule has 0 bridgehead atoms. The van der Waals surface area contributed by atoms with Crippen LogP contribution in [0.25, 0.3) is 0 Å². The summed E-state index contributed by atoms with van der Waals surface area (Å²) in [7, 11) is 0. The van der Waals surface area contributed by atoms with Crippen LogP contribution in [-0.4, -0.2) is 68.1 Å². The highest BCUT2D eigenvalue weighted by atomic mass is 19.1. The first-order valence-corrected chi connectivity index (χ1v) is 20.1. The molecule has 284 valence electrons. The molecule has 1 saturated carbocycles. The molecule has 7 nitrogen and oxygen atoms in total. The highest BCUT2D eigenvalue weighted by Crippen LogP contribution is 2.36. The lowest BCUT2D eigenvalue weighted by atomic mass is 9.80. The van der Waals surface area contributed by atoms with E-state index in [4.69, 9.17) is 9.73 Å². The van der Waals surface area contributed by atoms with Crippen LogP contribution in [-0.2, 0) is 11.2 Å². The van der Waals surface area contributed by atoms with Crippen molar-refractivity contribution in [2.45, 2.75) is 99.3 Å². The van der Waals surface area contributed by atoms with E-state index in [9.17, 15) is 0 Å². The maximum absolute atomic E-state index is 15.6. The zero-order chi connectivity index (χ0) is 37.0. The minimum atomic E-state index is -0.151. The lowest BCUT2D eigenvalue weighted by Gasteiger charge is -2.43. The van der Waals surface area contributed by atoms with Gasteiger partial charge in [-0.05, 0) is 131 Å². The maximum atomic E-state index is 15.6. The fourth-order valence-electron chi connectivity index (χ4n) is 7.76. The van der Waals surface area contributed by atoms with E-state index in [1.165, 1.54) is 61.3 Å². The Bertz CT molecular complexity index is 1580. The van der Waals surface area contributed by atoms with Gasteiger partial charge < -0.3 is 30.5 Å². The van der Waals surface area contributed by atoms with Gasteiger partial charge in [-0.1, -0.05) is 51.5 Å². The minimum Gasteiger partial charge on any atom is -0.494 e. The Labute approximate surface area is 313 Å². The number of piperidine rings is 2. The summed E-state index contributed by atoms with van der Waals surface area (Å²) in [6, 6.07) is 5.57. The molecule has 4 heterocycles. The highest BCUT2D eigenvalue weighted by Gasteiger charge is 2.32. The number of likely N-dealkylation sites (tertiary alicyclic amines) is 2. The Balaban J connectivity index is 0.00000168. The molecule has 3 saturated heterocycles. The molecule has 52 heavy (non-hydrogen) atoms. The second-order valence-corrected chi connectivity index (χ2v) is 15.1. The lowest BCUT2D eigenvalue weighted by Crippen LogP contribution is -2.49. The fraction of sp³-hybridized carbons (Fsp3) is 0.568. The largest absolute Gasteiger partial charge is 0.494 e. The van der Waals surface area contributed by atoms with Crippen molar-refractivity contribution in [3.63, 3.8) is 0 Å². The Morgan fingerprint density at radius 2 is 1.81 bits per heavy atom. The first-order valence-electron chi connectivity index (χ1n) is 20.1. The summed E-state index contributed by atoms with van der Waals surface area (Å²) >= 11 is 0. The summed E-state index contributed by atoms with van der Waals surface area (Å²) in [5.41, 5.74) is 10.1. The molecular formula is C44H65FN6O. The molecule has 8 heteroatoms. The van der Waals surface area contributed by atoms with Crippen molar-refractivity contribution < 1.29 is 9.13 Å². The van der Waals surface area contributed by atoms with E-state index in [0.717, 1.165) is 110 Å². The van der Waals surface area contributed by atoms with E-state index in [0.29, 0.717) is 13.0 Å². The Morgan fingerprint density at radius 1 is 1.06 bits per heavy atom. The zero-order valence-electron chi connectivity index (χ0n) is 33.0. The van der Waals surface area contributed by atoms with Gasteiger partial charge in [-0.25, -0.2) is 9.38 Å². The van der Waals surface area contributed by atoms with E-state index in [1.54, 1.807) is 6.07 Å². The zero-order valence-corrected chi connectivity index (χ0v) is 33.0. The first kappa shape index (κ1) is 39.4. The monoisotopic (exact) mass is 713 g/mol. The molecule has 0 amide bonds. The third-order valence-corrected chi connectivity index (χ3v) is 11.1. The van der Waals surface area contributed by atoms with Gasteiger partial charge in [-0.15, -0.1) is 0 Å². The molecule has 0 unspecified atom stereocenters. The number of aliphatic imine (C=N–C) groups is 1. The molecule has 4 aliphatic heterocycles. The summed E-state index contributed by atoms with van der Waals surface area (Å²) < 4.78 is 21.4. The smallest absolute Gasteiger partial charge is 0.128 e. The Kier molecular flexibility index (Phi) is 14.7. The van der Waals surface area contributed by atoms with Crippen molar-refractivity contribution >= 4 is 11.5 Å². The number of rotatable bonds is 10. The van der Waals surface area contributed by atoms with Crippen molar-refractivity contribution in [3.05, 3.63) is 99.7 Å². The van der Waals surface area contributed by atoms with Crippen LogP contribution in [0.1, 0.15) is 98.5 Å². The van der Waals surface area contributed by atoms with E-state index in [2.05, 4.69) is 72.2 Å². The quantitative estimate of drug-likeness (QED) is 0.128. The van der Waals surface area contributed by atoms with Crippen molar-refractivity contribution in [1.29, 1.82) is 0 Å². The van der Waals surface area contributed by atoms with Gasteiger partial charge in [0.05, 0.1) is 5.70 Å². The molecule has 6 rings (SSSR count). The second kappa shape index (κ2) is 19.3. The predicted octanol–water partition coefficient (Wildman–Crippen LogP) is 9.22. The number of anilines is 1. The molecule has 0 radical (unpaired) electrons. The first-order chi connectivity index (χ1) is 25.2. The third-order valence-electron chi connectivity index (χ3n) is 11.1. The number of ether oxygens (including phenoxy) is 1. The number of benzene rings is 1. The normalized spacial score (nSPS) is 21.6. The molecule has 1 aromatic carbocycles. The second-order valence-electron chi connectivity index (χ2n) is 15.1. The van der Waals surface area contributed by atoms with E-state index in [-0.39, 0.29) is 5.82 Å². The van der Waals surface area contributed by atoms with Gasteiger partial charge in [0.2, 0.25) is 0 Å². The molecule has 1 aromatic rings. The van der Waals surface area contributed by atoms with Gasteiger partial charge in [0.25, 0.3) is 0 Å². The van der Waals surface area contributed by atoms with Gasteiger partial charge >= 0.3 is 0 Å². The molecule has 0 atom stereocenters. The molecule has 1 aliphatic carbocycles. The van der Waals surface area contributed by atoms with Crippen molar-refractivity contribution in [2.75, 3.05) is 57.7 Å². The number of halogens is 1. The standard InChI is InChI=1S/C41H57FN6O.C3H8/c1-6-7-11-39(29(3)41-30(4)49-21-17-44-41)48-20-16-35(28(2)27-48)26-45-31(5)46-37-13-12-34(38(42)23-37)22-40(33-9-8-10-33)47-18-14-32(15-19-47)36-24-43-25-36;1-3-2/h7,11-13,23,26,32,36,43-44H,2,6,8-10,14-22,24-25,27H2,1,3-5H3,(H,45,46);3H2,1-2H3/b11-7+,35-26-,39-29+;. The van der Waals surface area contributed by atoms with Gasteiger partial charge in [-0.2, -0.15) is 0 Å². The molecule has 5 aliphatic rings. The van der Waals surface area contributed by atoms with E-state index < -0.39 is 0 Å². The number of nitrogens with one attached hydrogen (secondary N) is 3. The van der Waals surface area contributed by atoms with Gasteiger partial charge in [0.15, 0.2) is 0 Å². The molecule has 0 aromatic heterocycles. The van der Waals surface area contributed by atoms with Crippen LogP contribution in [0.2, 0.25) is 0 Å². The average Bonchev–Trinajstić information content (AvgIpc) is 3.08. The average molecular weight is 713 g/mol. The molecule has 3 N–H and O–H groups in total. The summed E-state index contributed by atoms with van der Waals surface area (Å²) in [6.45, 7) is 24.7. The summed E-state index contributed by atoms with van der Waals surface area (Å²) in [6.07, 6.45) is 16.2. The van der Waals surface area contributed by atoms with Crippen LogP contribution in [0.15, 0.2) is 93.3 Å². The van der Waals surface area contributed by atoms with Gasteiger partial charge in [0, 0.05) is 62.4 Å². The predicted molar refractivity (Wildman–Crippen MR) is 217 cm³/mol. The number of amidine groups is 1. The molecule has 4 fully saturated rings. The minimum absolute atomic E-state index is 0.151. The number of allylic oxidation sites excluding steroid dienone is 6.